The lowest BCUT2D eigenvalue weighted by Gasteiger charge is -2.16. The molecule has 1 aromatic heterocycles. The van der Waals surface area contributed by atoms with Crippen LogP contribution in [0.1, 0.15) is 42.4 Å². The number of nitrogens with zero attached hydrogens (tertiary/aromatic N) is 2. The van der Waals surface area contributed by atoms with Crippen LogP contribution in [0.3, 0.4) is 0 Å². The molecule has 5 nitrogen and oxygen atoms in total. The third-order valence-corrected chi connectivity index (χ3v) is 3.52. The molecule has 2 atom stereocenters. The summed E-state index contributed by atoms with van der Waals surface area (Å²) in [6.07, 6.45) is 0.181. The molecule has 0 aliphatic heterocycles. The largest absolute Gasteiger partial charge is 0.433 e. The van der Waals surface area contributed by atoms with Gasteiger partial charge in [0.25, 0.3) is 5.91 Å². The molecular weight excluding hydrogens is 299 g/mol. The number of carbonyl (C=O) groups is 1. The van der Waals surface area contributed by atoms with E-state index in [1.165, 1.54) is 0 Å². The minimum absolute atomic E-state index is 0.0536. The van der Waals surface area contributed by atoms with Crippen molar-refractivity contribution in [2.24, 2.45) is 5.92 Å². The van der Waals surface area contributed by atoms with E-state index in [-0.39, 0.29) is 18.6 Å². The van der Waals surface area contributed by atoms with E-state index in [9.17, 15) is 18.0 Å². The molecule has 0 bridgehead atoms. The van der Waals surface area contributed by atoms with E-state index < -0.39 is 29.4 Å². The van der Waals surface area contributed by atoms with Gasteiger partial charge in [-0.05, 0) is 20.3 Å². The Balaban J connectivity index is 2.22. The van der Waals surface area contributed by atoms with Crippen LogP contribution in [0, 0.1) is 5.92 Å². The van der Waals surface area contributed by atoms with E-state index in [0.29, 0.717) is 6.42 Å². The molecular formula is C14H18F3N3O2. The summed E-state index contributed by atoms with van der Waals surface area (Å²) in [6.45, 7) is 3.08. The summed E-state index contributed by atoms with van der Waals surface area (Å²) >= 11 is 0. The number of amides is 1. The van der Waals surface area contributed by atoms with Crippen LogP contribution in [0.4, 0.5) is 13.2 Å². The molecule has 1 aliphatic rings. The number of alkyl halides is 3. The van der Waals surface area contributed by atoms with E-state index in [2.05, 4.69) is 10.4 Å². The van der Waals surface area contributed by atoms with Crippen molar-refractivity contribution in [2.75, 3.05) is 6.61 Å². The number of rotatable bonds is 4. The van der Waals surface area contributed by atoms with E-state index in [1.807, 2.05) is 0 Å². The summed E-state index contributed by atoms with van der Waals surface area (Å²) in [4.78, 5) is 12.1. The van der Waals surface area contributed by atoms with Crippen LogP contribution >= 0.6 is 0 Å². The fourth-order valence-electron chi connectivity index (χ4n) is 2.47. The molecule has 1 aliphatic carbocycles. The highest BCUT2D eigenvalue weighted by atomic mass is 19.4. The Morgan fingerprint density at radius 2 is 2.18 bits per heavy atom. The van der Waals surface area contributed by atoms with Gasteiger partial charge in [-0.1, -0.05) is 12.2 Å². The number of aliphatic hydroxyl groups is 1. The van der Waals surface area contributed by atoms with E-state index >= 15 is 0 Å². The molecule has 0 saturated heterocycles. The highest BCUT2D eigenvalue weighted by Gasteiger charge is 2.40. The third kappa shape index (κ3) is 3.32. The second-order valence-corrected chi connectivity index (χ2v) is 5.59. The summed E-state index contributed by atoms with van der Waals surface area (Å²) in [7, 11) is 0. The topological polar surface area (TPSA) is 67.2 Å². The maximum absolute atomic E-state index is 13.2. The predicted octanol–water partition coefficient (Wildman–Crippen LogP) is 2.15. The van der Waals surface area contributed by atoms with Crippen molar-refractivity contribution < 1.29 is 23.1 Å². The Hall–Kier alpha value is -1.83. The summed E-state index contributed by atoms with van der Waals surface area (Å²) in [5.74, 6) is -0.891. The zero-order valence-corrected chi connectivity index (χ0v) is 12.3. The Bertz CT molecular complexity index is 578. The highest BCUT2D eigenvalue weighted by Crippen LogP contribution is 2.33. The van der Waals surface area contributed by atoms with Crippen LogP contribution in [0.2, 0.25) is 0 Å². The Kier molecular flexibility index (Phi) is 4.60. The molecule has 0 saturated carbocycles. The maximum atomic E-state index is 13.2. The molecule has 0 unspecified atom stereocenters. The molecule has 8 heteroatoms. The normalized spacial score (nSPS) is 21.6. The van der Waals surface area contributed by atoms with Crippen molar-refractivity contribution in [3.8, 4) is 0 Å². The van der Waals surface area contributed by atoms with Gasteiger partial charge in [0.15, 0.2) is 5.69 Å². The Morgan fingerprint density at radius 1 is 1.50 bits per heavy atom. The SMILES string of the molecule is CC(C)n1ncc(C(=O)N[C@@H]2C=C[C@H](CO)C2)c1C(F)(F)F. The summed E-state index contributed by atoms with van der Waals surface area (Å²) in [5, 5.41) is 15.2. The number of halogens is 3. The molecule has 1 aromatic rings. The lowest BCUT2D eigenvalue weighted by Crippen LogP contribution is -2.34. The lowest BCUT2D eigenvalue weighted by molar-refractivity contribution is -0.145. The lowest BCUT2D eigenvalue weighted by atomic mass is 10.1. The first-order valence-electron chi connectivity index (χ1n) is 6.98. The summed E-state index contributed by atoms with van der Waals surface area (Å²) < 4.78 is 40.4. The quantitative estimate of drug-likeness (QED) is 0.836. The van der Waals surface area contributed by atoms with Crippen LogP contribution in [0.15, 0.2) is 18.3 Å². The molecule has 22 heavy (non-hydrogen) atoms. The second kappa shape index (κ2) is 6.12. The highest BCUT2D eigenvalue weighted by molar-refractivity contribution is 5.95. The summed E-state index contributed by atoms with van der Waals surface area (Å²) in [5.41, 5.74) is -1.53. The van der Waals surface area contributed by atoms with Gasteiger partial charge in [-0.3, -0.25) is 9.48 Å². The average Bonchev–Trinajstić information content (AvgIpc) is 3.03. The Morgan fingerprint density at radius 3 is 2.68 bits per heavy atom. The molecule has 122 valence electrons. The first-order valence-corrected chi connectivity index (χ1v) is 6.98. The number of hydrogen-bond acceptors (Lipinski definition) is 3. The van der Waals surface area contributed by atoms with Crippen LogP contribution in [-0.4, -0.2) is 33.4 Å². The van der Waals surface area contributed by atoms with Gasteiger partial charge in [0, 0.05) is 24.6 Å². The van der Waals surface area contributed by atoms with Gasteiger partial charge in [-0.15, -0.1) is 0 Å². The van der Waals surface area contributed by atoms with Crippen molar-refractivity contribution in [1.29, 1.82) is 0 Å². The van der Waals surface area contributed by atoms with Gasteiger partial charge in [0.05, 0.1) is 11.8 Å². The number of aromatic nitrogens is 2. The summed E-state index contributed by atoms with van der Waals surface area (Å²) in [6, 6.07) is -0.892. The van der Waals surface area contributed by atoms with E-state index in [0.717, 1.165) is 10.9 Å². The number of hydrogen-bond donors (Lipinski definition) is 2. The third-order valence-electron chi connectivity index (χ3n) is 3.52. The van der Waals surface area contributed by atoms with Crippen LogP contribution in [0.5, 0.6) is 0 Å². The smallest absolute Gasteiger partial charge is 0.396 e. The van der Waals surface area contributed by atoms with Gasteiger partial charge in [0.1, 0.15) is 0 Å². The van der Waals surface area contributed by atoms with Crippen molar-refractivity contribution >= 4 is 5.91 Å². The molecule has 0 aromatic carbocycles. The molecule has 2 rings (SSSR count). The molecule has 0 fully saturated rings. The number of nitrogens with one attached hydrogen (secondary N) is 1. The standard InChI is InChI=1S/C14H18F3N3O2/c1-8(2)20-12(14(15,16)17)11(6-18-20)13(22)19-10-4-3-9(5-10)7-21/h3-4,6,8-10,21H,5,7H2,1-2H3,(H,19,22)/t9-,10+/m0/s1. The average molecular weight is 317 g/mol. The number of aliphatic hydroxyl groups excluding tert-OH is 1. The molecule has 0 spiro atoms. The van der Waals surface area contributed by atoms with Crippen molar-refractivity contribution in [3.05, 3.63) is 29.6 Å². The molecule has 1 amide bonds. The van der Waals surface area contributed by atoms with Crippen LogP contribution in [-0.2, 0) is 6.18 Å². The van der Waals surface area contributed by atoms with Gasteiger partial charge in [-0.25, -0.2) is 0 Å². The van der Waals surface area contributed by atoms with Gasteiger partial charge >= 0.3 is 6.18 Å². The molecule has 0 radical (unpaired) electrons. The van der Waals surface area contributed by atoms with Crippen molar-refractivity contribution in [2.45, 2.75) is 38.5 Å². The molecule has 2 N–H and O–H groups in total. The van der Waals surface area contributed by atoms with Crippen molar-refractivity contribution in [1.82, 2.24) is 15.1 Å². The Labute approximate surface area is 125 Å². The van der Waals surface area contributed by atoms with Gasteiger partial charge < -0.3 is 10.4 Å². The maximum Gasteiger partial charge on any atom is 0.433 e. The second-order valence-electron chi connectivity index (χ2n) is 5.59. The first kappa shape index (κ1) is 16.5. The number of carbonyl (C=O) groups excluding carboxylic acids is 1. The fourth-order valence-corrected chi connectivity index (χ4v) is 2.47. The minimum atomic E-state index is -4.66. The zero-order chi connectivity index (χ0) is 16.5. The monoisotopic (exact) mass is 317 g/mol. The van der Waals surface area contributed by atoms with Crippen LogP contribution in [0.25, 0.3) is 0 Å². The zero-order valence-electron chi connectivity index (χ0n) is 12.3. The predicted molar refractivity (Wildman–Crippen MR) is 73.2 cm³/mol. The minimum Gasteiger partial charge on any atom is -0.396 e. The van der Waals surface area contributed by atoms with Crippen LogP contribution < -0.4 is 5.32 Å². The van der Waals surface area contributed by atoms with Crippen molar-refractivity contribution in [3.63, 3.8) is 0 Å². The van der Waals surface area contributed by atoms with E-state index in [4.69, 9.17) is 5.11 Å². The fraction of sp³-hybridized carbons (Fsp3) is 0.571. The molecule has 1 heterocycles. The van der Waals surface area contributed by atoms with Gasteiger partial charge in [-0.2, -0.15) is 18.3 Å². The van der Waals surface area contributed by atoms with Gasteiger partial charge in [0.2, 0.25) is 0 Å². The first-order chi connectivity index (χ1) is 10.2. The van der Waals surface area contributed by atoms with E-state index in [1.54, 1.807) is 26.0 Å².